The molecule has 1 aliphatic heterocycles. The van der Waals surface area contributed by atoms with Gasteiger partial charge < -0.3 is 14.8 Å². The van der Waals surface area contributed by atoms with E-state index in [1.165, 1.54) is 11.3 Å². The van der Waals surface area contributed by atoms with Gasteiger partial charge in [0.05, 0.1) is 12.5 Å². The molecule has 138 valence electrons. The predicted molar refractivity (Wildman–Crippen MR) is 106 cm³/mol. The summed E-state index contributed by atoms with van der Waals surface area (Å²) < 4.78 is 11.4. The number of nitrogens with one attached hydrogen (secondary N) is 1. The second-order valence-corrected chi connectivity index (χ2v) is 7.88. The van der Waals surface area contributed by atoms with Gasteiger partial charge in [0, 0.05) is 34.7 Å². The van der Waals surface area contributed by atoms with E-state index in [1.54, 1.807) is 13.3 Å². The summed E-state index contributed by atoms with van der Waals surface area (Å²) in [6.07, 6.45) is 1.68. The van der Waals surface area contributed by atoms with Gasteiger partial charge in [0.1, 0.15) is 17.2 Å². The predicted octanol–water partition coefficient (Wildman–Crippen LogP) is 5.05. The van der Waals surface area contributed by atoms with Crippen LogP contribution in [-0.2, 0) is 4.79 Å². The van der Waals surface area contributed by atoms with E-state index in [0.717, 1.165) is 22.6 Å². The number of hydrogen-bond donors (Lipinski definition) is 1. The Morgan fingerprint density at radius 1 is 1.19 bits per heavy atom. The van der Waals surface area contributed by atoms with Crippen molar-refractivity contribution >= 4 is 22.4 Å². The van der Waals surface area contributed by atoms with Gasteiger partial charge in [-0.3, -0.25) is 4.79 Å². The van der Waals surface area contributed by atoms with Crippen LogP contribution in [0.2, 0.25) is 0 Å². The van der Waals surface area contributed by atoms with Crippen molar-refractivity contribution in [2.24, 2.45) is 5.41 Å². The number of nitrogens with zero attached hydrogens (tertiary/aromatic N) is 1. The van der Waals surface area contributed by atoms with Crippen molar-refractivity contribution in [1.82, 2.24) is 4.98 Å². The number of fused-ring (bicyclic) bond motifs is 2. The van der Waals surface area contributed by atoms with Gasteiger partial charge in [-0.1, -0.05) is 38.1 Å². The second-order valence-electron chi connectivity index (χ2n) is 6.99. The van der Waals surface area contributed by atoms with Crippen molar-refractivity contribution in [3.05, 3.63) is 65.2 Å². The number of para-hydroxylation sites is 1. The summed E-state index contributed by atoms with van der Waals surface area (Å²) >= 11 is 1.41. The average molecular weight is 380 g/mol. The number of anilines is 1. The highest BCUT2D eigenvalue weighted by molar-refractivity contribution is 7.13. The molecule has 2 aromatic carbocycles. The van der Waals surface area contributed by atoms with Gasteiger partial charge in [-0.05, 0) is 12.1 Å². The molecule has 0 radical (unpaired) electrons. The van der Waals surface area contributed by atoms with Gasteiger partial charge in [-0.15, -0.1) is 11.3 Å². The Hall–Kier alpha value is -2.86. The number of carbonyl (C=O) groups is 1. The van der Waals surface area contributed by atoms with Gasteiger partial charge in [0.25, 0.3) is 0 Å². The molecule has 1 amide bonds. The van der Waals surface area contributed by atoms with Crippen molar-refractivity contribution in [2.75, 3.05) is 12.4 Å². The third kappa shape index (κ3) is 3.06. The first-order valence-electron chi connectivity index (χ1n) is 8.66. The van der Waals surface area contributed by atoms with Crippen LogP contribution in [0.1, 0.15) is 30.9 Å². The second kappa shape index (κ2) is 6.70. The Labute approximate surface area is 162 Å². The van der Waals surface area contributed by atoms with E-state index in [0.29, 0.717) is 10.9 Å². The quantitative estimate of drug-likeness (QED) is 0.688. The summed E-state index contributed by atoms with van der Waals surface area (Å²) in [5, 5.41) is 5.39. The average Bonchev–Trinajstić information content (AvgIpc) is 3.18. The molecule has 27 heavy (non-hydrogen) atoms. The van der Waals surface area contributed by atoms with E-state index in [2.05, 4.69) is 10.3 Å². The molecule has 1 aliphatic rings. The lowest BCUT2D eigenvalue weighted by molar-refractivity contribution is -0.124. The molecular formula is C21H20N2O3S. The first-order chi connectivity index (χ1) is 13.0. The van der Waals surface area contributed by atoms with Crippen LogP contribution < -0.4 is 14.8 Å². The molecule has 6 heteroatoms. The number of aromatic nitrogens is 1. The number of thiazole rings is 1. The minimum atomic E-state index is -0.727. The van der Waals surface area contributed by atoms with Crippen molar-refractivity contribution in [2.45, 2.75) is 19.8 Å². The van der Waals surface area contributed by atoms with Crippen LogP contribution in [0, 0.1) is 5.41 Å². The minimum Gasteiger partial charge on any atom is -0.497 e. The minimum absolute atomic E-state index is 0.0825. The third-order valence-electron chi connectivity index (χ3n) is 4.94. The maximum atomic E-state index is 13.2. The van der Waals surface area contributed by atoms with Crippen molar-refractivity contribution < 1.29 is 14.3 Å². The van der Waals surface area contributed by atoms with Crippen LogP contribution in [0.3, 0.4) is 0 Å². The van der Waals surface area contributed by atoms with E-state index in [9.17, 15) is 4.79 Å². The maximum absolute atomic E-state index is 13.2. The monoisotopic (exact) mass is 380 g/mol. The normalized spacial score (nSPS) is 15.3. The lowest BCUT2D eigenvalue weighted by Crippen LogP contribution is -2.38. The molecule has 5 nitrogen and oxygen atoms in total. The fourth-order valence-corrected chi connectivity index (χ4v) is 4.04. The fraction of sp³-hybridized carbons (Fsp3) is 0.238. The molecule has 3 aromatic rings. The summed E-state index contributed by atoms with van der Waals surface area (Å²) in [4.78, 5) is 17.3. The molecule has 0 fully saturated rings. The van der Waals surface area contributed by atoms with Crippen LogP contribution in [0.4, 0.5) is 5.13 Å². The molecule has 1 N–H and O–H groups in total. The summed E-state index contributed by atoms with van der Waals surface area (Å²) in [6.45, 7) is 3.91. The summed E-state index contributed by atoms with van der Waals surface area (Å²) in [5.41, 5.74) is 1.23. The van der Waals surface area contributed by atoms with E-state index < -0.39 is 5.41 Å². The molecule has 0 saturated carbocycles. The largest absolute Gasteiger partial charge is 0.497 e. The van der Waals surface area contributed by atoms with Crippen LogP contribution in [0.15, 0.2) is 54.0 Å². The Bertz CT molecular complexity index is 983. The standard InChI is InChI=1S/C21H20N2O3S/c1-21(2,19(24)23-20-22-10-11-27-20)18-14-6-4-5-7-16(14)26-17-12-13(25-3)8-9-15(17)18/h4-12,18H,1-3H3,(H,22,23,24)/t18-/m1/s1. The highest BCUT2D eigenvalue weighted by Crippen LogP contribution is 2.52. The maximum Gasteiger partial charge on any atom is 0.232 e. The number of benzene rings is 2. The molecule has 1 aromatic heterocycles. The Morgan fingerprint density at radius 3 is 2.70 bits per heavy atom. The van der Waals surface area contributed by atoms with Gasteiger partial charge in [0.15, 0.2) is 5.13 Å². The highest BCUT2D eigenvalue weighted by atomic mass is 32.1. The number of ether oxygens (including phenoxy) is 2. The van der Waals surface area contributed by atoms with E-state index in [1.807, 2.05) is 61.7 Å². The lowest BCUT2D eigenvalue weighted by atomic mass is 9.69. The van der Waals surface area contributed by atoms with Crippen molar-refractivity contribution in [3.8, 4) is 17.2 Å². The highest BCUT2D eigenvalue weighted by Gasteiger charge is 2.43. The van der Waals surface area contributed by atoms with Gasteiger partial charge in [-0.25, -0.2) is 4.98 Å². The van der Waals surface area contributed by atoms with E-state index in [4.69, 9.17) is 9.47 Å². The summed E-state index contributed by atoms with van der Waals surface area (Å²) in [7, 11) is 1.63. The molecule has 1 atom stereocenters. The molecule has 0 spiro atoms. The van der Waals surface area contributed by atoms with Crippen LogP contribution in [0.5, 0.6) is 17.2 Å². The van der Waals surface area contributed by atoms with Gasteiger partial charge in [0.2, 0.25) is 5.91 Å². The molecule has 4 rings (SSSR count). The Balaban J connectivity index is 1.80. The number of methoxy groups -OCH3 is 1. The lowest BCUT2D eigenvalue weighted by Gasteiger charge is -2.38. The number of rotatable bonds is 4. The fourth-order valence-electron chi connectivity index (χ4n) is 3.52. The topological polar surface area (TPSA) is 60.5 Å². The zero-order chi connectivity index (χ0) is 19.0. The van der Waals surface area contributed by atoms with Crippen LogP contribution in [0.25, 0.3) is 0 Å². The molecule has 2 heterocycles. The van der Waals surface area contributed by atoms with Crippen LogP contribution >= 0.6 is 11.3 Å². The number of amides is 1. The molecule has 0 unspecified atom stereocenters. The first kappa shape index (κ1) is 17.5. The van der Waals surface area contributed by atoms with E-state index in [-0.39, 0.29) is 11.8 Å². The van der Waals surface area contributed by atoms with Crippen LogP contribution in [-0.4, -0.2) is 18.0 Å². The van der Waals surface area contributed by atoms with E-state index >= 15 is 0 Å². The Morgan fingerprint density at radius 2 is 1.96 bits per heavy atom. The summed E-state index contributed by atoms with van der Waals surface area (Å²) in [5.74, 6) is 1.95. The smallest absolute Gasteiger partial charge is 0.232 e. The van der Waals surface area contributed by atoms with Gasteiger partial charge >= 0.3 is 0 Å². The van der Waals surface area contributed by atoms with Gasteiger partial charge in [-0.2, -0.15) is 0 Å². The molecular weight excluding hydrogens is 360 g/mol. The first-order valence-corrected chi connectivity index (χ1v) is 9.54. The molecule has 0 aliphatic carbocycles. The van der Waals surface area contributed by atoms with Crippen molar-refractivity contribution in [1.29, 1.82) is 0 Å². The molecule has 0 bridgehead atoms. The number of carbonyl (C=O) groups excluding carboxylic acids is 1. The third-order valence-corrected chi connectivity index (χ3v) is 5.63. The summed E-state index contributed by atoms with van der Waals surface area (Å²) in [6, 6.07) is 13.6. The zero-order valence-corrected chi connectivity index (χ0v) is 16.2. The van der Waals surface area contributed by atoms with Crippen molar-refractivity contribution in [3.63, 3.8) is 0 Å². The number of hydrogen-bond acceptors (Lipinski definition) is 5. The molecule has 0 saturated heterocycles. The Kier molecular flexibility index (Phi) is 4.36. The SMILES string of the molecule is COc1ccc2c(c1)Oc1ccccc1[C@H]2C(C)(C)C(=O)Nc1nccs1. The zero-order valence-electron chi connectivity index (χ0n) is 15.4.